The summed E-state index contributed by atoms with van der Waals surface area (Å²) < 4.78 is 4.55. The van der Waals surface area contributed by atoms with Gasteiger partial charge in [-0.05, 0) is 25.1 Å². The number of halogens is 1. The Balaban J connectivity index is 2.91. The van der Waals surface area contributed by atoms with Gasteiger partial charge in [-0.25, -0.2) is 4.79 Å². The molecular weight excluding hydrogens is 248 g/mol. The molecule has 0 bridgehead atoms. The van der Waals surface area contributed by atoms with Crippen LogP contribution in [0.4, 0.5) is 0 Å². The summed E-state index contributed by atoms with van der Waals surface area (Å²) in [5.41, 5.74) is -0.0296. The van der Waals surface area contributed by atoms with Crippen molar-refractivity contribution in [1.29, 1.82) is 0 Å². The summed E-state index contributed by atoms with van der Waals surface area (Å²) in [5, 5.41) is 29.0. The number of carbonyl (C=O) groups is 1. The van der Waals surface area contributed by atoms with E-state index in [1.807, 2.05) is 0 Å². The highest BCUT2D eigenvalue weighted by molar-refractivity contribution is 6.30. The van der Waals surface area contributed by atoms with E-state index in [0.717, 1.165) is 0 Å². The quantitative estimate of drug-likeness (QED) is 0.703. The molecule has 0 fully saturated rings. The van der Waals surface area contributed by atoms with Crippen LogP contribution in [0, 0.1) is 0 Å². The lowest BCUT2D eigenvalue weighted by atomic mass is 10.0. The Labute approximate surface area is 103 Å². The van der Waals surface area contributed by atoms with Crippen molar-refractivity contribution in [3.8, 4) is 5.75 Å². The fraction of sp³-hybridized carbons (Fsp3) is 0.364. The van der Waals surface area contributed by atoms with E-state index in [4.69, 9.17) is 11.6 Å². The number of aromatic hydroxyl groups is 1. The summed E-state index contributed by atoms with van der Waals surface area (Å²) in [6, 6.07) is 3.95. The lowest BCUT2D eigenvalue weighted by molar-refractivity contribution is -0.159. The lowest BCUT2D eigenvalue weighted by Gasteiger charge is -2.17. The molecule has 0 radical (unpaired) electrons. The first kappa shape index (κ1) is 13.8. The second-order valence-corrected chi connectivity index (χ2v) is 3.78. The molecule has 3 N–H and O–H groups in total. The monoisotopic (exact) mass is 260 g/mol. The average Bonchev–Trinajstić information content (AvgIpc) is 2.30. The maximum Gasteiger partial charge on any atom is 0.338 e. The molecule has 0 amide bonds. The Morgan fingerprint density at radius 1 is 1.47 bits per heavy atom. The molecule has 0 aliphatic heterocycles. The fourth-order valence-electron chi connectivity index (χ4n) is 1.29. The minimum absolute atomic E-state index is 0.0296. The van der Waals surface area contributed by atoms with E-state index in [-0.39, 0.29) is 22.9 Å². The standard InChI is InChI=1S/C11H13ClO5/c1-2-17-11(16)10(15)9(14)7-5-6(12)3-4-8(7)13/h3-5,9-10,13-15H,2H2,1H3. The molecule has 1 aromatic carbocycles. The normalized spacial score (nSPS) is 14.1. The highest BCUT2D eigenvalue weighted by atomic mass is 35.5. The Morgan fingerprint density at radius 2 is 2.12 bits per heavy atom. The number of benzene rings is 1. The maximum absolute atomic E-state index is 11.2. The smallest absolute Gasteiger partial charge is 0.338 e. The average molecular weight is 261 g/mol. The number of carbonyl (C=O) groups excluding carboxylic acids is 1. The zero-order chi connectivity index (χ0) is 13.0. The summed E-state index contributed by atoms with van der Waals surface area (Å²) in [4.78, 5) is 11.2. The third-order valence-corrected chi connectivity index (χ3v) is 2.37. The van der Waals surface area contributed by atoms with Gasteiger partial charge in [-0.1, -0.05) is 11.6 Å². The van der Waals surface area contributed by atoms with Crippen LogP contribution in [0.25, 0.3) is 0 Å². The SMILES string of the molecule is CCOC(=O)C(O)C(O)c1cc(Cl)ccc1O. The van der Waals surface area contributed by atoms with Crippen molar-refractivity contribution >= 4 is 17.6 Å². The van der Waals surface area contributed by atoms with E-state index in [2.05, 4.69) is 4.74 Å². The molecule has 17 heavy (non-hydrogen) atoms. The van der Waals surface area contributed by atoms with Gasteiger partial charge in [-0.3, -0.25) is 0 Å². The number of aliphatic hydroxyl groups is 2. The summed E-state index contributed by atoms with van der Waals surface area (Å²) in [5.74, 6) is -1.22. The van der Waals surface area contributed by atoms with Crippen LogP contribution in [0.3, 0.4) is 0 Å². The van der Waals surface area contributed by atoms with E-state index >= 15 is 0 Å². The second kappa shape index (κ2) is 5.86. The number of phenolic OH excluding ortho intramolecular Hbond substituents is 1. The van der Waals surface area contributed by atoms with Gasteiger partial charge >= 0.3 is 5.97 Å². The van der Waals surface area contributed by atoms with Gasteiger partial charge in [-0.15, -0.1) is 0 Å². The Hall–Kier alpha value is -1.30. The van der Waals surface area contributed by atoms with E-state index in [1.54, 1.807) is 6.92 Å². The molecule has 0 saturated heterocycles. The Bertz CT molecular complexity index is 407. The van der Waals surface area contributed by atoms with Gasteiger partial charge in [0.05, 0.1) is 6.61 Å². The highest BCUT2D eigenvalue weighted by Crippen LogP contribution is 2.29. The zero-order valence-corrected chi connectivity index (χ0v) is 9.89. The van der Waals surface area contributed by atoms with Crippen molar-refractivity contribution in [1.82, 2.24) is 0 Å². The molecule has 1 rings (SSSR count). The van der Waals surface area contributed by atoms with E-state index in [0.29, 0.717) is 0 Å². The van der Waals surface area contributed by atoms with Crippen molar-refractivity contribution in [2.75, 3.05) is 6.61 Å². The van der Waals surface area contributed by atoms with Crippen molar-refractivity contribution in [3.05, 3.63) is 28.8 Å². The van der Waals surface area contributed by atoms with Crippen molar-refractivity contribution in [2.24, 2.45) is 0 Å². The second-order valence-electron chi connectivity index (χ2n) is 3.34. The number of hydrogen-bond donors (Lipinski definition) is 3. The van der Waals surface area contributed by atoms with Crippen LogP contribution in [-0.2, 0) is 9.53 Å². The van der Waals surface area contributed by atoms with Crippen LogP contribution in [0.5, 0.6) is 5.75 Å². The van der Waals surface area contributed by atoms with Gasteiger partial charge in [0.25, 0.3) is 0 Å². The molecular formula is C11H13ClO5. The molecule has 1 aromatic rings. The van der Waals surface area contributed by atoms with Gasteiger partial charge in [0.15, 0.2) is 6.10 Å². The zero-order valence-electron chi connectivity index (χ0n) is 9.13. The van der Waals surface area contributed by atoms with Gasteiger partial charge in [0.1, 0.15) is 11.9 Å². The lowest BCUT2D eigenvalue weighted by Crippen LogP contribution is -2.29. The Kier molecular flexibility index (Phi) is 4.74. The molecule has 0 spiro atoms. The number of ether oxygens (including phenoxy) is 1. The predicted molar refractivity (Wildman–Crippen MR) is 60.7 cm³/mol. The first-order valence-electron chi connectivity index (χ1n) is 4.98. The first-order valence-corrected chi connectivity index (χ1v) is 5.36. The first-order chi connectivity index (χ1) is 7.97. The summed E-state index contributed by atoms with van der Waals surface area (Å²) >= 11 is 5.69. The van der Waals surface area contributed by atoms with Gasteiger partial charge in [-0.2, -0.15) is 0 Å². The van der Waals surface area contributed by atoms with Crippen molar-refractivity contribution in [2.45, 2.75) is 19.1 Å². The molecule has 0 saturated carbocycles. The number of phenols is 1. The number of esters is 1. The molecule has 5 nitrogen and oxygen atoms in total. The molecule has 6 heteroatoms. The topological polar surface area (TPSA) is 87.0 Å². The van der Waals surface area contributed by atoms with Crippen molar-refractivity contribution < 1.29 is 24.9 Å². The Morgan fingerprint density at radius 3 is 2.71 bits per heavy atom. The van der Waals surface area contributed by atoms with Crippen LogP contribution < -0.4 is 0 Å². The molecule has 2 unspecified atom stereocenters. The third-order valence-electron chi connectivity index (χ3n) is 2.14. The third kappa shape index (κ3) is 3.33. The van der Waals surface area contributed by atoms with Gasteiger partial charge < -0.3 is 20.1 Å². The molecule has 94 valence electrons. The summed E-state index contributed by atoms with van der Waals surface area (Å²) in [7, 11) is 0. The number of rotatable bonds is 4. The van der Waals surface area contributed by atoms with Crippen LogP contribution in [0.15, 0.2) is 18.2 Å². The molecule has 2 atom stereocenters. The number of aliphatic hydroxyl groups excluding tert-OH is 2. The largest absolute Gasteiger partial charge is 0.508 e. The van der Waals surface area contributed by atoms with E-state index in [1.165, 1.54) is 18.2 Å². The fourth-order valence-corrected chi connectivity index (χ4v) is 1.47. The van der Waals surface area contributed by atoms with Crippen LogP contribution in [0.2, 0.25) is 5.02 Å². The van der Waals surface area contributed by atoms with E-state index < -0.39 is 18.2 Å². The predicted octanol–water partition coefficient (Wildman–Crippen LogP) is 1.00. The highest BCUT2D eigenvalue weighted by Gasteiger charge is 2.28. The molecule has 0 aliphatic rings. The molecule has 0 aromatic heterocycles. The van der Waals surface area contributed by atoms with Crippen LogP contribution >= 0.6 is 11.6 Å². The molecule has 0 aliphatic carbocycles. The van der Waals surface area contributed by atoms with Crippen LogP contribution in [-0.4, -0.2) is 34.0 Å². The minimum atomic E-state index is -1.76. The van der Waals surface area contributed by atoms with Crippen molar-refractivity contribution in [3.63, 3.8) is 0 Å². The summed E-state index contributed by atoms with van der Waals surface area (Å²) in [6.07, 6.45) is -3.35. The van der Waals surface area contributed by atoms with E-state index in [9.17, 15) is 20.1 Å². The number of hydrogen-bond acceptors (Lipinski definition) is 5. The maximum atomic E-state index is 11.2. The van der Waals surface area contributed by atoms with Crippen LogP contribution in [0.1, 0.15) is 18.6 Å². The summed E-state index contributed by atoms with van der Waals surface area (Å²) in [6.45, 7) is 1.66. The minimum Gasteiger partial charge on any atom is -0.508 e. The molecule has 0 heterocycles. The van der Waals surface area contributed by atoms with Gasteiger partial charge in [0.2, 0.25) is 0 Å². The van der Waals surface area contributed by atoms with Gasteiger partial charge in [0, 0.05) is 10.6 Å².